The summed E-state index contributed by atoms with van der Waals surface area (Å²) in [7, 11) is 0. The molecule has 1 fully saturated rings. The summed E-state index contributed by atoms with van der Waals surface area (Å²) in [5.41, 5.74) is 7.06. The Hall–Kier alpha value is -1.00. The largest absolute Gasteiger partial charge is 0.378 e. The van der Waals surface area contributed by atoms with Crippen molar-refractivity contribution in [3.8, 4) is 0 Å². The average Bonchev–Trinajstić information content (AvgIpc) is 2.31. The summed E-state index contributed by atoms with van der Waals surface area (Å²) in [6, 6.07) is -0.00528. The summed E-state index contributed by atoms with van der Waals surface area (Å²) in [5, 5.41) is 0. The van der Waals surface area contributed by atoms with Crippen LogP contribution in [0.1, 0.15) is 37.3 Å². The number of aromatic nitrogens is 2. The molecule has 2 heterocycles. The fourth-order valence-electron chi connectivity index (χ4n) is 1.91. The summed E-state index contributed by atoms with van der Waals surface area (Å²) < 4.78 is 5.65. The van der Waals surface area contributed by atoms with Gasteiger partial charge in [-0.25, -0.2) is 9.97 Å². The standard InChI is InChI=1S/C11H17N3O/c12-11(9-6-13-8-14-7-9)5-10-3-1-2-4-15-10/h6-8,10-11H,1-5,12H2. The highest BCUT2D eigenvalue weighted by molar-refractivity contribution is 5.08. The Balaban J connectivity index is 1.88. The van der Waals surface area contributed by atoms with Crippen LogP contribution in [0, 0.1) is 0 Å². The van der Waals surface area contributed by atoms with E-state index < -0.39 is 0 Å². The summed E-state index contributed by atoms with van der Waals surface area (Å²) in [5.74, 6) is 0. The van der Waals surface area contributed by atoms with E-state index in [0.717, 1.165) is 25.0 Å². The smallest absolute Gasteiger partial charge is 0.115 e. The second-order valence-electron chi connectivity index (χ2n) is 4.00. The van der Waals surface area contributed by atoms with E-state index in [4.69, 9.17) is 10.5 Å². The lowest BCUT2D eigenvalue weighted by atomic mass is 9.99. The number of nitrogens with zero attached hydrogens (tertiary/aromatic N) is 2. The van der Waals surface area contributed by atoms with Gasteiger partial charge in [-0.2, -0.15) is 0 Å². The van der Waals surface area contributed by atoms with Crippen molar-refractivity contribution in [3.05, 3.63) is 24.3 Å². The van der Waals surface area contributed by atoms with E-state index in [9.17, 15) is 0 Å². The van der Waals surface area contributed by atoms with Crippen LogP contribution in [0.4, 0.5) is 0 Å². The van der Waals surface area contributed by atoms with Gasteiger partial charge in [0.2, 0.25) is 0 Å². The lowest BCUT2D eigenvalue weighted by Gasteiger charge is -2.25. The highest BCUT2D eigenvalue weighted by Crippen LogP contribution is 2.22. The highest BCUT2D eigenvalue weighted by atomic mass is 16.5. The molecule has 2 atom stereocenters. The van der Waals surface area contributed by atoms with Crippen LogP contribution in [0.2, 0.25) is 0 Å². The summed E-state index contributed by atoms with van der Waals surface area (Å²) in [4.78, 5) is 7.93. The van der Waals surface area contributed by atoms with Crippen molar-refractivity contribution in [2.45, 2.75) is 37.8 Å². The fraction of sp³-hybridized carbons (Fsp3) is 0.636. The van der Waals surface area contributed by atoms with Crippen LogP contribution in [0.5, 0.6) is 0 Å². The van der Waals surface area contributed by atoms with Crippen molar-refractivity contribution in [2.75, 3.05) is 6.61 Å². The van der Waals surface area contributed by atoms with Crippen molar-refractivity contribution < 1.29 is 4.74 Å². The van der Waals surface area contributed by atoms with Gasteiger partial charge in [0.05, 0.1) is 6.10 Å². The molecular formula is C11H17N3O. The molecule has 2 unspecified atom stereocenters. The van der Waals surface area contributed by atoms with Gasteiger partial charge in [-0.05, 0) is 25.7 Å². The minimum Gasteiger partial charge on any atom is -0.378 e. The summed E-state index contributed by atoms with van der Waals surface area (Å²) in [6.45, 7) is 0.878. The van der Waals surface area contributed by atoms with Gasteiger partial charge >= 0.3 is 0 Å². The van der Waals surface area contributed by atoms with Gasteiger partial charge in [0.25, 0.3) is 0 Å². The van der Waals surface area contributed by atoms with Crippen LogP contribution >= 0.6 is 0 Å². The van der Waals surface area contributed by atoms with E-state index in [2.05, 4.69) is 9.97 Å². The van der Waals surface area contributed by atoms with Crippen molar-refractivity contribution in [2.24, 2.45) is 5.73 Å². The average molecular weight is 207 g/mol. The van der Waals surface area contributed by atoms with Gasteiger partial charge < -0.3 is 10.5 Å². The molecule has 2 rings (SSSR count). The Morgan fingerprint density at radius 1 is 1.40 bits per heavy atom. The number of nitrogens with two attached hydrogens (primary N) is 1. The predicted molar refractivity (Wildman–Crippen MR) is 57.2 cm³/mol. The van der Waals surface area contributed by atoms with Crippen molar-refractivity contribution in [1.82, 2.24) is 9.97 Å². The molecule has 2 N–H and O–H groups in total. The number of ether oxygens (including phenoxy) is 1. The molecule has 15 heavy (non-hydrogen) atoms. The van der Waals surface area contributed by atoms with E-state index in [0.29, 0.717) is 6.10 Å². The van der Waals surface area contributed by atoms with Crippen molar-refractivity contribution in [1.29, 1.82) is 0 Å². The zero-order chi connectivity index (χ0) is 10.5. The third-order valence-corrected chi connectivity index (χ3v) is 2.80. The van der Waals surface area contributed by atoms with Gasteiger partial charge in [-0.15, -0.1) is 0 Å². The Morgan fingerprint density at radius 2 is 2.20 bits per heavy atom. The first kappa shape index (κ1) is 10.5. The predicted octanol–water partition coefficient (Wildman–Crippen LogP) is 1.44. The SMILES string of the molecule is NC(CC1CCCCO1)c1cncnc1. The number of hydrogen-bond donors (Lipinski definition) is 1. The van der Waals surface area contributed by atoms with E-state index >= 15 is 0 Å². The van der Waals surface area contributed by atoms with Crippen LogP contribution < -0.4 is 5.73 Å². The maximum absolute atomic E-state index is 6.07. The molecule has 0 spiro atoms. The first-order chi connectivity index (χ1) is 7.36. The maximum Gasteiger partial charge on any atom is 0.115 e. The van der Waals surface area contributed by atoms with E-state index in [1.54, 1.807) is 12.4 Å². The first-order valence-corrected chi connectivity index (χ1v) is 5.48. The molecule has 4 heteroatoms. The monoisotopic (exact) mass is 207 g/mol. The third-order valence-electron chi connectivity index (χ3n) is 2.80. The molecule has 1 aliphatic rings. The normalized spacial score (nSPS) is 23.7. The molecule has 1 aromatic heterocycles. The molecule has 82 valence electrons. The summed E-state index contributed by atoms with van der Waals surface area (Å²) >= 11 is 0. The lowest BCUT2D eigenvalue weighted by molar-refractivity contribution is 0.00726. The quantitative estimate of drug-likeness (QED) is 0.814. The maximum atomic E-state index is 6.07. The Morgan fingerprint density at radius 3 is 2.87 bits per heavy atom. The van der Waals surface area contributed by atoms with Gasteiger partial charge in [-0.1, -0.05) is 0 Å². The number of hydrogen-bond acceptors (Lipinski definition) is 4. The Labute approximate surface area is 89.9 Å². The zero-order valence-electron chi connectivity index (χ0n) is 8.80. The molecule has 0 aromatic carbocycles. The Kier molecular flexibility index (Phi) is 3.64. The van der Waals surface area contributed by atoms with Crippen LogP contribution in [-0.2, 0) is 4.74 Å². The van der Waals surface area contributed by atoms with Crippen LogP contribution in [0.25, 0.3) is 0 Å². The van der Waals surface area contributed by atoms with Gasteiger partial charge in [0.1, 0.15) is 6.33 Å². The highest BCUT2D eigenvalue weighted by Gasteiger charge is 2.18. The molecule has 0 aliphatic carbocycles. The molecular weight excluding hydrogens is 190 g/mol. The van der Waals surface area contributed by atoms with Crippen molar-refractivity contribution in [3.63, 3.8) is 0 Å². The molecule has 0 saturated carbocycles. The first-order valence-electron chi connectivity index (χ1n) is 5.48. The van der Waals surface area contributed by atoms with Gasteiger partial charge in [0, 0.05) is 30.6 Å². The molecule has 4 nitrogen and oxygen atoms in total. The van der Waals surface area contributed by atoms with Crippen LogP contribution in [0.3, 0.4) is 0 Å². The van der Waals surface area contributed by atoms with Gasteiger partial charge in [0.15, 0.2) is 0 Å². The van der Waals surface area contributed by atoms with Crippen molar-refractivity contribution >= 4 is 0 Å². The molecule has 1 saturated heterocycles. The van der Waals surface area contributed by atoms with E-state index in [1.807, 2.05) is 0 Å². The van der Waals surface area contributed by atoms with Crippen LogP contribution in [-0.4, -0.2) is 22.7 Å². The number of rotatable bonds is 3. The van der Waals surface area contributed by atoms with Gasteiger partial charge in [-0.3, -0.25) is 0 Å². The molecule has 0 amide bonds. The minimum atomic E-state index is -0.00528. The molecule has 1 aliphatic heterocycles. The minimum absolute atomic E-state index is 0.00528. The second kappa shape index (κ2) is 5.19. The van der Waals surface area contributed by atoms with Crippen LogP contribution in [0.15, 0.2) is 18.7 Å². The Bertz CT molecular complexity index is 285. The van der Waals surface area contributed by atoms with E-state index in [-0.39, 0.29) is 6.04 Å². The molecule has 0 radical (unpaired) electrons. The second-order valence-corrected chi connectivity index (χ2v) is 4.00. The third kappa shape index (κ3) is 2.97. The topological polar surface area (TPSA) is 61.0 Å². The molecule has 0 bridgehead atoms. The summed E-state index contributed by atoms with van der Waals surface area (Å²) in [6.07, 6.45) is 9.82. The lowest BCUT2D eigenvalue weighted by Crippen LogP contribution is -2.25. The van der Waals surface area contributed by atoms with E-state index in [1.165, 1.54) is 19.2 Å². The molecule has 1 aromatic rings. The zero-order valence-corrected chi connectivity index (χ0v) is 8.80. The fourth-order valence-corrected chi connectivity index (χ4v) is 1.91.